The minimum atomic E-state index is 0. The number of rotatable bonds is 0. The molecule has 0 bridgehead atoms. The standard InChI is InChI=1S/6CN.3Ag.Fe/c6*1-2;;;;/q6*-1;;;+1;+5. The van der Waals surface area contributed by atoms with Crippen LogP contribution in [0.1, 0.15) is 0 Å². The SMILES string of the molecule is [Ag+].[Ag].[Ag].[C-]#N.[C-]#N.[C-]#N.[C-]#N.[C-]#N.[C-]#N.[Fe+5]. The summed E-state index contributed by atoms with van der Waals surface area (Å²) in [5.74, 6) is 0. The summed E-state index contributed by atoms with van der Waals surface area (Å²) in [5, 5.41) is 37.5. The predicted molar refractivity (Wildman–Crippen MR) is 29.8 cm³/mol. The molecule has 0 spiro atoms. The Bertz CT molecular complexity index is 103. The molecule has 0 atom stereocenters. The Morgan fingerprint density at radius 1 is 0.375 bits per heavy atom. The van der Waals surface area contributed by atoms with Gasteiger partial charge in [-0.15, -0.1) is 0 Å². The molecule has 0 saturated carbocycles. The zero-order chi connectivity index (χ0) is 12.0. The van der Waals surface area contributed by atoms with Gasteiger partial charge in [0.25, 0.3) is 0 Å². The average molecular weight is 536 g/mol. The molecule has 0 heterocycles. The molecular formula is C6Ag3FeN6. The third kappa shape index (κ3) is 21500. The van der Waals surface area contributed by atoms with Gasteiger partial charge >= 0.3 is 39.4 Å². The number of hydrogen-bond donors (Lipinski definition) is 0. The first kappa shape index (κ1) is 105. The van der Waals surface area contributed by atoms with Gasteiger partial charge in [0.15, 0.2) is 0 Å². The Morgan fingerprint density at radius 3 is 0.375 bits per heavy atom. The molecule has 0 aromatic carbocycles. The van der Waals surface area contributed by atoms with Crippen LogP contribution in [0.15, 0.2) is 0 Å². The smallest absolute Gasteiger partial charge is 0.512 e. The van der Waals surface area contributed by atoms with E-state index in [4.69, 9.17) is 71.0 Å². The van der Waals surface area contributed by atoms with Gasteiger partial charge in [-0.2, -0.15) is 0 Å². The summed E-state index contributed by atoms with van der Waals surface area (Å²) in [7, 11) is 0. The van der Waals surface area contributed by atoms with Gasteiger partial charge in [-0.05, 0) is 0 Å². The fourth-order valence-electron chi connectivity index (χ4n) is 0. The number of hydrogen-bond acceptors (Lipinski definition) is 6. The first-order valence-electron chi connectivity index (χ1n) is 1.34. The molecule has 0 aromatic heterocycles. The van der Waals surface area contributed by atoms with Gasteiger partial charge in [0.2, 0.25) is 0 Å². The van der Waals surface area contributed by atoms with Crippen LogP contribution in [0.3, 0.4) is 0 Å². The maximum absolute atomic E-state index is 6.25. The van der Waals surface area contributed by atoms with E-state index in [1.165, 1.54) is 0 Å². The zero-order valence-electron chi connectivity index (χ0n) is 6.94. The van der Waals surface area contributed by atoms with Crippen LogP contribution in [-0.4, -0.2) is 0 Å². The van der Waals surface area contributed by atoms with Gasteiger partial charge in [0.1, 0.15) is 0 Å². The molecule has 3 radical (unpaired) electrons. The van der Waals surface area contributed by atoms with E-state index in [0.717, 1.165) is 0 Å². The molecule has 0 aliphatic rings. The van der Waals surface area contributed by atoms with Crippen molar-refractivity contribution in [1.82, 2.24) is 0 Å². The Kier molecular flexibility index (Phi) is 176000. The van der Waals surface area contributed by atoms with Crippen LogP contribution in [0.2, 0.25) is 0 Å². The molecule has 6 nitrogen and oxygen atoms in total. The van der Waals surface area contributed by atoms with Crippen LogP contribution in [0.25, 0.3) is 0 Å². The molecule has 0 saturated heterocycles. The predicted octanol–water partition coefficient (Wildman–Crippen LogP) is 0.568. The molecule has 0 aliphatic heterocycles. The van der Waals surface area contributed by atoms with E-state index >= 15 is 0 Å². The molecule has 0 rings (SSSR count). The fraction of sp³-hybridized carbons (Fsp3) is 0. The molecular weight excluding hydrogens is 536 g/mol. The van der Waals surface area contributed by atoms with Gasteiger partial charge in [-0.1, -0.05) is 0 Å². The molecule has 0 aliphatic carbocycles. The van der Waals surface area contributed by atoms with Crippen molar-refractivity contribution in [3.05, 3.63) is 39.4 Å². The van der Waals surface area contributed by atoms with Crippen molar-refractivity contribution in [2.45, 2.75) is 0 Å². The summed E-state index contributed by atoms with van der Waals surface area (Å²) >= 11 is 0. The second-order valence-electron chi connectivity index (χ2n) is 0. The van der Waals surface area contributed by atoms with E-state index in [2.05, 4.69) is 0 Å². The van der Waals surface area contributed by atoms with Gasteiger partial charge < -0.3 is 71.0 Å². The van der Waals surface area contributed by atoms with Crippen molar-refractivity contribution in [3.8, 4) is 0 Å². The topological polar surface area (TPSA) is 143 Å². The van der Waals surface area contributed by atoms with Crippen LogP contribution in [0.4, 0.5) is 0 Å². The van der Waals surface area contributed by atoms with Crippen molar-refractivity contribution in [2.75, 3.05) is 0 Å². The quantitative estimate of drug-likeness (QED) is 0.328. The molecule has 0 amide bonds. The molecule has 95 valence electrons. The van der Waals surface area contributed by atoms with Crippen LogP contribution >= 0.6 is 0 Å². The second-order valence-corrected chi connectivity index (χ2v) is 0. The van der Waals surface area contributed by atoms with E-state index in [1.54, 1.807) is 0 Å². The largest absolute Gasteiger partial charge is 5.00 e. The summed E-state index contributed by atoms with van der Waals surface area (Å²) < 4.78 is 0. The third-order valence-electron chi connectivity index (χ3n) is 0. The van der Waals surface area contributed by atoms with Gasteiger partial charge in [-0.25, -0.2) is 0 Å². The fourth-order valence-corrected chi connectivity index (χ4v) is 0. The normalized spacial score (nSPS) is 0.750. The third-order valence-corrected chi connectivity index (χ3v) is 0. The summed E-state index contributed by atoms with van der Waals surface area (Å²) in [4.78, 5) is 0. The maximum Gasteiger partial charge on any atom is 5.00 e. The second kappa shape index (κ2) is 26900. The van der Waals surface area contributed by atoms with Crippen molar-refractivity contribution in [3.63, 3.8) is 0 Å². The minimum absolute atomic E-state index is 0. The van der Waals surface area contributed by atoms with Crippen LogP contribution < -0.4 is 0 Å². The Balaban J connectivity index is -0.00000000321. The van der Waals surface area contributed by atoms with Crippen LogP contribution in [0.5, 0.6) is 0 Å². The first-order chi connectivity index (χ1) is 6.00. The zero-order valence-corrected chi connectivity index (χ0v) is 12.5. The van der Waals surface area contributed by atoms with Gasteiger partial charge in [-0.3, -0.25) is 0 Å². The summed E-state index contributed by atoms with van der Waals surface area (Å²) in [6.45, 7) is 28.5. The van der Waals surface area contributed by atoms with Gasteiger partial charge in [0, 0.05) is 44.8 Å². The van der Waals surface area contributed by atoms with E-state index in [0.29, 0.717) is 0 Å². The number of nitrogens with zero attached hydrogens (tertiary/aromatic N) is 6. The van der Waals surface area contributed by atoms with Crippen molar-refractivity contribution in [2.24, 2.45) is 0 Å². The molecule has 0 aromatic rings. The summed E-state index contributed by atoms with van der Waals surface area (Å²) in [6, 6.07) is 0. The van der Waals surface area contributed by atoms with Crippen LogP contribution in [0, 0.1) is 71.0 Å². The maximum atomic E-state index is 6.25. The van der Waals surface area contributed by atoms with Crippen LogP contribution in [-0.2, 0) is 84.2 Å². The minimum Gasteiger partial charge on any atom is -0.512 e. The Labute approximate surface area is 153 Å². The molecule has 0 unspecified atom stereocenters. The summed E-state index contributed by atoms with van der Waals surface area (Å²) in [5.41, 5.74) is 0. The molecule has 0 fully saturated rings. The van der Waals surface area contributed by atoms with E-state index in [9.17, 15) is 0 Å². The molecule has 10 heteroatoms. The Hall–Kier alpha value is -0.320. The molecule has 16 heavy (non-hydrogen) atoms. The van der Waals surface area contributed by atoms with Gasteiger partial charge in [0.05, 0.1) is 0 Å². The van der Waals surface area contributed by atoms with Crippen molar-refractivity contribution in [1.29, 1.82) is 31.6 Å². The average Bonchev–Trinajstić information content (AvgIpc) is 2.33. The van der Waals surface area contributed by atoms with E-state index < -0.39 is 0 Å². The molecule has 0 N–H and O–H groups in total. The monoisotopic (exact) mass is 533 g/mol. The Morgan fingerprint density at radius 2 is 0.375 bits per heavy atom. The summed E-state index contributed by atoms with van der Waals surface area (Å²) in [6.07, 6.45) is 0. The van der Waals surface area contributed by atoms with Crippen molar-refractivity contribution >= 4 is 0 Å². The van der Waals surface area contributed by atoms with E-state index in [-0.39, 0.29) is 84.2 Å². The van der Waals surface area contributed by atoms with E-state index in [1.807, 2.05) is 0 Å². The van der Waals surface area contributed by atoms with Crippen molar-refractivity contribution < 1.29 is 84.2 Å². The first-order valence-corrected chi connectivity index (χ1v) is 1.34.